The highest BCUT2D eigenvalue weighted by molar-refractivity contribution is 7.99. The number of nitrogens with two attached hydrogens (primary N) is 2. The normalized spacial score (nSPS) is 19.4. The minimum atomic E-state index is 0.0461. The molecule has 1 fully saturated rings. The molecule has 1 aliphatic rings. The number of hydrogen-bond acceptors (Lipinski definition) is 7. The fourth-order valence-electron chi connectivity index (χ4n) is 1.79. The first kappa shape index (κ1) is 13.9. The van der Waals surface area contributed by atoms with Crippen molar-refractivity contribution < 1.29 is 9.53 Å². The van der Waals surface area contributed by atoms with Crippen molar-refractivity contribution in [1.82, 2.24) is 14.9 Å². The second-order valence-electron chi connectivity index (χ2n) is 4.31. The first-order valence-electron chi connectivity index (χ1n) is 5.97. The molecule has 1 amide bonds. The molecule has 1 aliphatic heterocycles. The van der Waals surface area contributed by atoms with Gasteiger partial charge in [-0.1, -0.05) is 11.8 Å². The van der Waals surface area contributed by atoms with Crippen LogP contribution < -0.4 is 11.5 Å². The SMILES string of the molecule is CC1CN(C(=O)CSc2nc(N)cc(N)n2)CCO1. The molecule has 19 heavy (non-hydrogen) atoms. The molecule has 0 aromatic carbocycles. The van der Waals surface area contributed by atoms with Crippen LogP contribution in [0.5, 0.6) is 0 Å². The summed E-state index contributed by atoms with van der Waals surface area (Å²) in [5.74, 6) is 0.935. The summed E-state index contributed by atoms with van der Waals surface area (Å²) in [7, 11) is 0. The molecule has 2 heterocycles. The summed E-state index contributed by atoms with van der Waals surface area (Å²) < 4.78 is 5.39. The molecule has 0 bridgehead atoms. The van der Waals surface area contributed by atoms with Gasteiger partial charge in [0.15, 0.2) is 5.16 Å². The van der Waals surface area contributed by atoms with Crippen LogP contribution in [0.4, 0.5) is 11.6 Å². The van der Waals surface area contributed by atoms with Crippen LogP contribution in [0.25, 0.3) is 0 Å². The smallest absolute Gasteiger partial charge is 0.233 e. The Morgan fingerprint density at radius 1 is 1.53 bits per heavy atom. The van der Waals surface area contributed by atoms with Crippen molar-refractivity contribution in [3.05, 3.63) is 6.07 Å². The first-order chi connectivity index (χ1) is 9.04. The van der Waals surface area contributed by atoms with Crippen LogP contribution in [0.3, 0.4) is 0 Å². The molecule has 104 valence electrons. The van der Waals surface area contributed by atoms with E-state index in [4.69, 9.17) is 16.2 Å². The number of hydrogen-bond donors (Lipinski definition) is 2. The minimum Gasteiger partial charge on any atom is -0.383 e. The zero-order valence-corrected chi connectivity index (χ0v) is 11.5. The van der Waals surface area contributed by atoms with Crippen LogP contribution in [0.15, 0.2) is 11.2 Å². The second-order valence-corrected chi connectivity index (χ2v) is 5.25. The molecule has 1 aromatic rings. The number of ether oxygens (including phenoxy) is 1. The van der Waals surface area contributed by atoms with Gasteiger partial charge in [-0.2, -0.15) is 0 Å². The average molecular weight is 283 g/mol. The van der Waals surface area contributed by atoms with Crippen molar-refractivity contribution >= 4 is 29.3 Å². The molecular weight excluding hydrogens is 266 g/mol. The van der Waals surface area contributed by atoms with Gasteiger partial charge in [-0.15, -0.1) is 0 Å². The lowest BCUT2D eigenvalue weighted by molar-refractivity contribution is -0.135. The number of rotatable bonds is 3. The Labute approximate surface area is 115 Å². The van der Waals surface area contributed by atoms with Crippen molar-refractivity contribution in [3.8, 4) is 0 Å². The highest BCUT2D eigenvalue weighted by atomic mass is 32.2. The van der Waals surface area contributed by atoms with Gasteiger partial charge in [-0.3, -0.25) is 4.79 Å². The number of thioether (sulfide) groups is 1. The predicted molar refractivity (Wildman–Crippen MR) is 73.6 cm³/mol. The van der Waals surface area contributed by atoms with Crippen molar-refractivity contribution in [2.24, 2.45) is 0 Å². The molecule has 1 saturated heterocycles. The van der Waals surface area contributed by atoms with Gasteiger partial charge >= 0.3 is 0 Å². The fraction of sp³-hybridized carbons (Fsp3) is 0.545. The summed E-state index contributed by atoms with van der Waals surface area (Å²) in [6.07, 6.45) is 0.0852. The number of carbonyl (C=O) groups excluding carboxylic acids is 1. The van der Waals surface area contributed by atoms with Crippen molar-refractivity contribution in [2.45, 2.75) is 18.2 Å². The molecule has 1 unspecified atom stereocenters. The van der Waals surface area contributed by atoms with Gasteiger partial charge in [0.1, 0.15) is 11.6 Å². The third kappa shape index (κ3) is 3.97. The molecule has 7 nitrogen and oxygen atoms in total. The van der Waals surface area contributed by atoms with E-state index in [1.165, 1.54) is 17.8 Å². The van der Waals surface area contributed by atoms with Crippen LogP contribution in [0.1, 0.15) is 6.92 Å². The Morgan fingerprint density at radius 2 is 2.21 bits per heavy atom. The van der Waals surface area contributed by atoms with Crippen molar-refractivity contribution in [2.75, 3.05) is 36.9 Å². The quantitative estimate of drug-likeness (QED) is 0.593. The first-order valence-corrected chi connectivity index (χ1v) is 6.95. The summed E-state index contributed by atoms with van der Waals surface area (Å²) >= 11 is 1.24. The minimum absolute atomic E-state index is 0.0461. The van der Waals surface area contributed by atoms with E-state index in [-0.39, 0.29) is 17.8 Å². The topological polar surface area (TPSA) is 107 Å². The van der Waals surface area contributed by atoms with E-state index >= 15 is 0 Å². The molecule has 2 rings (SSSR count). The number of morpholine rings is 1. The van der Waals surface area contributed by atoms with Gasteiger partial charge in [-0.05, 0) is 6.92 Å². The Bertz CT molecular complexity index is 450. The number of nitrogens with zero attached hydrogens (tertiary/aromatic N) is 3. The number of aromatic nitrogens is 2. The molecule has 1 aromatic heterocycles. The average Bonchev–Trinajstić information content (AvgIpc) is 2.35. The van der Waals surface area contributed by atoms with E-state index in [0.29, 0.717) is 36.5 Å². The fourth-order valence-corrected chi connectivity index (χ4v) is 2.56. The van der Waals surface area contributed by atoms with E-state index in [9.17, 15) is 4.79 Å². The maximum atomic E-state index is 12.0. The third-order valence-electron chi connectivity index (χ3n) is 2.66. The summed E-state index contributed by atoms with van der Waals surface area (Å²) in [4.78, 5) is 21.8. The maximum absolute atomic E-state index is 12.0. The molecule has 0 spiro atoms. The largest absolute Gasteiger partial charge is 0.383 e. The summed E-state index contributed by atoms with van der Waals surface area (Å²) in [6.45, 7) is 3.79. The zero-order valence-electron chi connectivity index (χ0n) is 10.7. The van der Waals surface area contributed by atoms with Gasteiger partial charge in [0.05, 0.1) is 18.5 Å². The molecule has 8 heteroatoms. The third-order valence-corrected chi connectivity index (χ3v) is 3.50. The summed E-state index contributed by atoms with van der Waals surface area (Å²) in [6, 6.07) is 1.48. The number of nitrogen functional groups attached to an aromatic ring is 2. The predicted octanol–water partition coefficient (Wildman–Crippen LogP) is -0.0196. The van der Waals surface area contributed by atoms with E-state index in [0.717, 1.165) is 0 Å². The molecule has 0 aliphatic carbocycles. The van der Waals surface area contributed by atoms with E-state index in [1.807, 2.05) is 6.92 Å². The van der Waals surface area contributed by atoms with Crippen molar-refractivity contribution in [1.29, 1.82) is 0 Å². The van der Waals surface area contributed by atoms with Crippen molar-refractivity contribution in [3.63, 3.8) is 0 Å². The summed E-state index contributed by atoms with van der Waals surface area (Å²) in [5, 5.41) is 0.423. The Hall–Kier alpha value is -1.54. The molecule has 0 radical (unpaired) electrons. The monoisotopic (exact) mass is 283 g/mol. The lowest BCUT2D eigenvalue weighted by Crippen LogP contribution is -2.45. The standard InChI is InChI=1S/C11H17N5O2S/c1-7-5-16(2-3-18-7)10(17)6-19-11-14-8(12)4-9(13)15-11/h4,7H,2-3,5-6H2,1H3,(H4,12,13,14,15). The van der Waals surface area contributed by atoms with E-state index in [2.05, 4.69) is 9.97 Å². The molecule has 4 N–H and O–H groups in total. The van der Waals surface area contributed by atoms with Gasteiger partial charge in [0.2, 0.25) is 5.91 Å². The molecule has 1 atom stereocenters. The van der Waals surface area contributed by atoms with E-state index < -0.39 is 0 Å². The van der Waals surface area contributed by atoms with Crippen LogP contribution in [0.2, 0.25) is 0 Å². The van der Waals surface area contributed by atoms with Gasteiger partial charge in [-0.25, -0.2) is 9.97 Å². The van der Waals surface area contributed by atoms with Gasteiger partial charge in [0.25, 0.3) is 0 Å². The Kier molecular flexibility index (Phi) is 4.43. The second kappa shape index (κ2) is 6.07. The van der Waals surface area contributed by atoms with Crippen LogP contribution in [-0.2, 0) is 9.53 Å². The maximum Gasteiger partial charge on any atom is 0.233 e. The zero-order chi connectivity index (χ0) is 13.8. The lowest BCUT2D eigenvalue weighted by Gasteiger charge is -2.31. The van der Waals surface area contributed by atoms with Gasteiger partial charge < -0.3 is 21.1 Å². The number of carbonyl (C=O) groups is 1. The Balaban J connectivity index is 1.89. The van der Waals surface area contributed by atoms with Crippen LogP contribution >= 0.6 is 11.8 Å². The van der Waals surface area contributed by atoms with E-state index in [1.54, 1.807) is 4.90 Å². The summed E-state index contributed by atoms with van der Waals surface area (Å²) in [5.41, 5.74) is 11.1. The highest BCUT2D eigenvalue weighted by Gasteiger charge is 2.21. The molecular formula is C11H17N5O2S. The number of amides is 1. The van der Waals surface area contributed by atoms with Gasteiger partial charge in [0, 0.05) is 19.2 Å². The van der Waals surface area contributed by atoms with Crippen LogP contribution in [0, 0.1) is 0 Å². The highest BCUT2D eigenvalue weighted by Crippen LogP contribution is 2.17. The molecule has 0 saturated carbocycles. The Morgan fingerprint density at radius 3 is 2.84 bits per heavy atom. The number of anilines is 2. The lowest BCUT2D eigenvalue weighted by atomic mass is 10.3. The van der Waals surface area contributed by atoms with Crippen LogP contribution in [-0.4, -0.2) is 52.3 Å².